The average Bonchev–Trinajstić information content (AvgIpc) is 2.79. The Morgan fingerprint density at radius 3 is 2.20 bits per heavy atom. The predicted molar refractivity (Wildman–Crippen MR) is 116 cm³/mol. The van der Waals surface area contributed by atoms with Gasteiger partial charge < -0.3 is 15.0 Å². The third-order valence-electron chi connectivity index (χ3n) is 5.66. The maximum atomic E-state index is 12.7. The summed E-state index contributed by atoms with van der Waals surface area (Å²) >= 11 is 0. The van der Waals surface area contributed by atoms with E-state index in [9.17, 15) is 14.9 Å². The number of ketones is 1. The molecule has 1 fully saturated rings. The summed E-state index contributed by atoms with van der Waals surface area (Å²) in [5, 5.41) is 12.1. The number of benzene rings is 2. The molecule has 0 radical (unpaired) electrons. The highest BCUT2D eigenvalue weighted by Crippen LogP contribution is 2.25. The van der Waals surface area contributed by atoms with Gasteiger partial charge in [0.1, 0.15) is 5.75 Å². The van der Waals surface area contributed by atoms with Crippen LogP contribution in [0.4, 0.5) is 10.5 Å². The number of nitrogens with zero attached hydrogens (tertiary/aromatic N) is 2. The normalized spacial score (nSPS) is 14.7. The standard InChI is InChI=1S/C24H27N3O3/c1-24(2,16-25)19-6-8-20(9-7-19)26-23(29)27-14-12-18(13-15-27)22(28)17-4-10-21(30-3)11-5-17/h4-11,18H,12-15H2,1-3H3,(H,26,29). The lowest BCUT2D eigenvalue weighted by molar-refractivity contribution is 0.0859. The van der Waals surface area contributed by atoms with Crippen LogP contribution in [0, 0.1) is 17.2 Å². The molecule has 1 N–H and O–H groups in total. The smallest absolute Gasteiger partial charge is 0.321 e. The number of nitriles is 1. The molecular weight excluding hydrogens is 378 g/mol. The number of carbonyl (C=O) groups is 2. The molecule has 0 unspecified atom stereocenters. The second-order valence-corrected chi connectivity index (χ2v) is 8.10. The topological polar surface area (TPSA) is 82.4 Å². The van der Waals surface area contributed by atoms with Crippen LogP contribution in [0.2, 0.25) is 0 Å². The first-order valence-corrected chi connectivity index (χ1v) is 10.1. The van der Waals surface area contributed by atoms with Gasteiger partial charge in [-0.15, -0.1) is 0 Å². The molecule has 0 saturated carbocycles. The minimum absolute atomic E-state index is 0.0741. The molecule has 2 amide bonds. The number of urea groups is 1. The molecule has 3 rings (SSSR count). The third kappa shape index (κ3) is 4.80. The Morgan fingerprint density at radius 1 is 1.07 bits per heavy atom. The van der Waals surface area contributed by atoms with E-state index in [4.69, 9.17) is 4.74 Å². The van der Waals surface area contributed by atoms with E-state index in [-0.39, 0.29) is 17.7 Å². The predicted octanol–water partition coefficient (Wildman–Crippen LogP) is 4.62. The average molecular weight is 405 g/mol. The Morgan fingerprint density at radius 2 is 1.67 bits per heavy atom. The highest BCUT2D eigenvalue weighted by molar-refractivity contribution is 5.98. The van der Waals surface area contributed by atoms with Gasteiger partial charge in [0.15, 0.2) is 5.78 Å². The van der Waals surface area contributed by atoms with Crippen molar-refractivity contribution in [1.29, 1.82) is 5.26 Å². The fourth-order valence-electron chi connectivity index (χ4n) is 3.57. The lowest BCUT2D eigenvalue weighted by Crippen LogP contribution is -2.42. The first kappa shape index (κ1) is 21.4. The Bertz CT molecular complexity index is 935. The Hall–Kier alpha value is -3.33. The molecule has 0 aliphatic carbocycles. The van der Waals surface area contributed by atoms with Crippen molar-refractivity contribution in [1.82, 2.24) is 4.90 Å². The van der Waals surface area contributed by atoms with Crippen LogP contribution in [0.3, 0.4) is 0 Å². The summed E-state index contributed by atoms with van der Waals surface area (Å²) in [6, 6.07) is 16.6. The molecule has 0 spiro atoms. The van der Waals surface area contributed by atoms with Gasteiger partial charge in [-0.25, -0.2) is 4.79 Å². The van der Waals surface area contributed by atoms with Crippen LogP contribution in [0.1, 0.15) is 42.6 Å². The number of amides is 2. The summed E-state index contributed by atoms with van der Waals surface area (Å²) in [6.07, 6.45) is 1.29. The van der Waals surface area contributed by atoms with Crippen molar-refractivity contribution in [3.8, 4) is 11.8 Å². The van der Waals surface area contributed by atoms with Crippen molar-refractivity contribution in [2.45, 2.75) is 32.1 Å². The quantitative estimate of drug-likeness (QED) is 0.736. The van der Waals surface area contributed by atoms with Crippen LogP contribution < -0.4 is 10.1 Å². The number of Topliss-reactive ketones (excluding diaryl/α,β-unsaturated/α-hetero) is 1. The number of nitrogens with one attached hydrogen (secondary N) is 1. The first-order valence-electron chi connectivity index (χ1n) is 10.1. The second-order valence-electron chi connectivity index (χ2n) is 8.10. The Kier molecular flexibility index (Phi) is 6.41. The molecule has 0 aromatic heterocycles. The minimum atomic E-state index is -0.569. The largest absolute Gasteiger partial charge is 0.497 e. The summed E-state index contributed by atoms with van der Waals surface area (Å²) in [5.41, 5.74) is 1.70. The van der Waals surface area contributed by atoms with Gasteiger partial charge in [0.2, 0.25) is 0 Å². The molecule has 6 nitrogen and oxygen atoms in total. The lowest BCUT2D eigenvalue weighted by Gasteiger charge is -2.31. The van der Waals surface area contributed by atoms with Gasteiger partial charge in [-0.05, 0) is 68.7 Å². The lowest BCUT2D eigenvalue weighted by atomic mass is 9.86. The van der Waals surface area contributed by atoms with Crippen LogP contribution in [-0.2, 0) is 5.41 Å². The van der Waals surface area contributed by atoms with Gasteiger partial charge in [-0.3, -0.25) is 4.79 Å². The van der Waals surface area contributed by atoms with Crippen LogP contribution in [0.25, 0.3) is 0 Å². The van der Waals surface area contributed by atoms with Crippen molar-refractivity contribution < 1.29 is 14.3 Å². The summed E-state index contributed by atoms with van der Waals surface area (Å²) in [4.78, 5) is 27.0. The number of hydrogen-bond donors (Lipinski definition) is 1. The van der Waals surface area contributed by atoms with E-state index in [1.165, 1.54) is 0 Å². The zero-order valence-corrected chi connectivity index (χ0v) is 17.6. The summed E-state index contributed by atoms with van der Waals surface area (Å²) in [7, 11) is 1.60. The number of rotatable bonds is 5. The van der Waals surface area contributed by atoms with Gasteiger partial charge in [0.25, 0.3) is 0 Å². The highest BCUT2D eigenvalue weighted by atomic mass is 16.5. The molecule has 1 aliphatic rings. The minimum Gasteiger partial charge on any atom is -0.497 e. The zero-order valence-electron chi connectivity index (χ0n) is 17.6. The van der Waals surface area contributed by atoms with Crippen LogP contribution in [0.15, 0.2) is 48.5 Å². The van der Waals surface area contributed by atoms with Gasteiger partial charge in [0.05, 0.1) is 18.6 Å². The number of piperidine rings is 1. The molecule has 0 bridgehead atoms. The molecule has 6 heteroatoms. The fraction of sp³-hybridized carbons (Fsp3) is 0.375. The number of methoxy groups -OCH3 is 1. The van der Waals surface area contributed by atoms with Crippen molar-refractivity contribution in [2.75, 3.05) is 25.5 Å². The van der Waals surface area contributed by atoms with E-state index in [0.29, 0.717) is 37.2 Å². The van der Waals surface area contributed by atoms with Gasteiger partial charge in [-0.1, -0.05) is 12.1 Å². The highest BCUT2D eigenvalue weighted by Gasteiger charge is 2.28. The molecule has 1 aliphatic heterocycles. The van der Waals surface area contributed by atoms with Gasteiger partial charge in [-0.2, -0.15) is 5.26 Å². The van der Waals surface area contributed by atoms with E-state index in [1.807, 2.05) is 38.1 Å². The van der Waals surface area contributed by atoms with Gasteiger partial charge >= 0.3 is 6.03 Å². The number of hydrogen-bond acceptors (Lipinski definition) is 4. The van der Waals surface area contributed by atoms with E-state index in [0.717, 1.165) is 11.3 Å². The fourth-order valence-corrected chi connectivity index (χ4v) is 3.57. The van der Waals surface area contributed by atoms with Crippen molar-refractivity contribution in [3.63, 3.8) is 0 Å². The number of likely N-dealkylation sites (tertiary alicyclic amines) is 1. The molecule has 30 heavy (non-hydrogen) atoms. The molecule has 1 heterocycles. The van der Waals surface area contributed by atoms with Crippen molar-refractivity contribution in [2.24, 2.45) is 5.92 Å². The summed E-state index contributed by atoms with van der Waals surface area (Å²) in [6.45, 7) is 4.80. The molecule has 0 atom stereocenters. The third-order valence-corrected chi connectivity index (χ3v) is 5.66. The summed E-state index contributed by atoms with van der Waals surface area (Å²) in [5.74, 6) is 0.769. The Balaban J connectivity index is 1.53. The molecule has 1 saturated heterocycles. The van der Waals surface area contributed by atoms with E-state index in [1.54, 1.807) is 36.3 Å². The van der Waals surface area contributed by atoms with Gasteiger partial charge in [0, 0.05) is 30.3 Å². The SMILES string of the molecule is COc1ccc(C(=O)C2CCN(C(=O)Nc3ccc(C(C)(C)C#N)cc3)CC2)cc1. The van der Waals surface area contributed by atoms with Crippen molar-refractivity contribution >= 4 is 17.5 Å². The maximum Gasteiger partial charge on any atom is 0.321 e. The van der Waals surface area contributed by atoms with Crippen LogP contribution in [0.5, 0.6) is 5.75 Å². The molecule has 2 aromatic carbocycles. The second kappa shape index (κ2) is 9.00. The number of ether oxygens (including phenoxy) is 1. The van der Waals surface area contributed by atoms with E-state index in [2.05, 4.69) is 11.4 Å². The van der Waals surface area contributed by atoms with E-state index >= 15 is 0 Å². The molecule has 156 valence electrons. The van der Waals surface area contributed by atoms with Crippen LogP contribution in [-0.4, -0.2) is 36.9 Å². The molecule has 2 aromatic rings. The summed E-state index contributed by atoms with van der Waals surface area (Å²) < 4.78 is 5.14. The monoisotopic (exact) mass is 405 g/mol. The van der Waals surface area contributed by atoms with Crippen LogP contribution >= 0.6 is 0 Å². The van der Waals surface area contributed by atoms with E-state index < -0.39 is 5.41 Å². The Labute approximate surface area is 177 Å². The number of anilines is 1. The first-order chi connectivity index (χ1) is 14.3. The molecular formula is C24H27N3O3. The van der Waals surface area contributed by atoms with Crippen molar-refractivity contribution in [3.05, 3.63) is 59.7 Å². The maximum absolute atomic E-state index is 12.7. The number of carbonyl (C=O) groups excluding carboxylic acids is 2. The zero-order chi connectivity index (χ0) is 21.7.